The van der Waals surface area contributed by atoms with Crippen LogP contribution in [0.1, 0.15) is 27.0 Å². The highest BCUT2D eigenvalue weighted by Gasteiger charge is 2.20. The Morgan fingerprint density at radius 3 is 2.50 bits per heavy atom. The topological polar surface area (TPSA) is 26.3 Å². The van der Waals surface area contributed by atoms with Crippen molar-refractivity contribution in [1.29, 1.82) is 0 Å². The van der Waals surface area contributed by atoms with E-state index in [1.165, 1.54) is 7.11 Å². The number of benzene rings is 2. The molecule has 2 rings (SSSR count). The van der Waals surface area contributed by atoms with Crippen LogP contribution in [-0.2, 0) is 11.2 Å². The lowest BCUT2D eigenvalue weighted by Gasteiger charge is -2.17. The zero-order valence-corrected chi connectivity index (χ0v) is 14.6. The predicted molar refractivity (Wildman–Crippen MR) is 92.2 cm³/mol. The minimum absolute atomic E-state index is 0.299. The van der Waals surface area contributed by atoms with Crippen LogP contribution >= 0.6 is 23.4 Å². The summed E-state index contributed by atoms with van der Waals surface area (Å²) in [4.78, 5) is 14.3. The van der Waals surface area contributed by atoms with Crippen LogP contribution in [0, 0.1) is 13.8 Å². The van der Waals surface area contributed by atoms with Crippen molar-refractivity contribution in [2.24, 2.45) is 0 Å². The Morgan fingerprint density at radius 1 is 1.23 bits per heavy atom. The summed E-state index contributed by atoms with van der Waals surface area (Å²) >= 11 is 7.47. The van der Waals surface area contributed by atoms with Crippen molar-refractivity contribution < 1.29 is 9.53 Å². The molecular formula is C18H19ClO2S. The molecule has 0 aliphatic rings. The molecule has 0 unspecified atom stereocenters. The van der Waals surface area contributed by atoms with Gasteiger partial charge in [-0.25, -0.2) is 4.79 Å². The first-order valence-electron chi connectivity index (χ1n) is 7.08. The molecule has 0 aromatic heterocycles. The summed E-state index contributed by atoms with van der Waals surface area (Å²) in [7, 11) is 1.42. The number of carbonyl (C=O) groups excluding carboxylic acids is 1. The number of hydrogen-bond acceptors (Lipinski definition) is 3. The van der Waals surface area contributed by atoms with E-state index >= 15 is 0 Å². The van der Waals surface area contributed by atoms with Gasteiger partial charge in [0.2, 0.25) is 0 Å². The molecule has 2 nitrogen and oxygen atoms in total. The molecule has 22 heavy (non-hydrogen) atoms. The third-order valence-electron chi connectivity index (χ3n) is 3.60. The molecule has 0 amide bonds. The molecule has 0 heterocycles. The minimum atomic E-state index is -0.299. The highest BCUT2D eigenvalue weighted by Crippen LogP contribution is 2.35. The van der Waals surface area contributed by atoms with Crippen molar-refractivity contribution in [1.82, 2.24) is 0 Å². The van der Waals surface area contributed by atoms with Gasteiger partial charge in [0.25, 0.3) is 0 Å². The summed E-state index contributed by atoms with van der Waals surface area (Å²) in [5.41, 5.74) is 3.89. The number of hydrogen-bond donors (Lipinski definition) is 0. The van der Waals surface area contributed by atoms with E-state index in [1.807, 2.05) is 37.3 Å². The van der Waals surface area contributed by atoms with Crippen molar-refractivity contribution in [3.63, 3.8) is 0 Å². The van der Waals surface area contributed by atoms with Gasteiger partial charge in [0.1, 0.15) is 0 Å². The maximum Gasteiger partial charge on any atom is 0.339 e. The Labute approximate surface area is 140 Å². The average Bonchev–Trinajstić information content (AvgIpc) is 2.52. The fourth-order valence-electron chi connectivity index (χ4n) is 2.52. The molecule has 0 bridgehead atoms. The van der Waals surface area contributed by atoms with Crippen LogP contribution in [0.4, 0.5) is 0 Å². The summed E-state index contributed by atoms with van der Waals surface area (Å²) in [6.45, 7) is 4.03. The zero-order valence-electron chi connectivity index (χ0n) is 13.0. The highest BCUT2D eigenvalue weighted by molar-refractivity contribution is 7.99. The molecule has 0 aliphatic carbocycles. The Morgan fingerprint density at radius 2 is 1.91 bits per heavy atom. The molecule has 0 radical (unpaired) electrons. The third kappa shape index (κ3) is 3.65. The second-order valence-electron chi connectivity index (χ2n) is 5.02. The van der Waals surface area contributed by atoms with Crippen LogP contribution in [0.25, 0.3) is 0 Å². The van der Waals surface area contributed by atoms with Crippen LogP contribution in [0.2, 0.25) is 0 Å². The smallest absolute Gasteiger partial charge is 0.339 e. The molecule has 0 saturated carbocycles. The van der Waals surface area contributed by atoms with Gasteiger partial charge in [0, 0.05) is 15.7 Å². The Balaban J connectivity index is 2.54. The van der Waals surface area contributed by atoms with Crippen molar-refractivity contribution >= 4 is 29.3 Å². The van der Waals surface area contributed by atoms with Crippen LogP contribution in [0.5, 0.6) is 0 Å². The maximum absolute atomic E-state index is 12.2. The SMILES string of the molecule is COC(=O)c1c(Sc2ccccc2)cc(C)c(CCCl)c1C. The molecule has 116 valence electrons. The normalized spacial score (nSPS) is 10.5. The summed E-state index contributed by atoms with van der Waals surface area (Å²) in [6.07, 6.45) is 0.750. The lowest BCUT2D eigenvalue weighted by atomic mass is 9.96. The summed E-state index contributed by atoms with van der Waals surface area (Å²) in [5, 5.41) is 0. The van der Waals surface area contributed by atoms with Crippen molar-refractivity contribution in [2.45, 2.75) is 30.1 Å². The first-order valence-corrected chi connectivity index (χ1v) is 8.43. The van der Waals surface area contributed by atoms with E-state index in [2.05, 4.69) is 13.0 Å². The van der Waals surface area contributed by atoms with Crippen LogP contribution in [0.15, 0.2) is 46.2 Å². The second kappa shape index (κ2) is 7.70. The number of ether oxygens (including phenoxy) is 1. The second-order valence-corrected chi connectivity index (χ2v) is 6.51. The van der Waals surface area contributed by atoms with Crippen LogP contribution < -0.4 is 0 Å². The lowest BCUT2D eigenvalue weighted by molar-refractivity contribution is 0.0595. The molecule has 0 fully saturated rings. The molecule has 4 heteroatoms. The van der Waals surface area contributed by atoms with Gasteiger partial charge in [-0.1, -0.05) is 30.0 Å². The molecule has 0 spiro atoms. The van der Waals surface area contributed by atoms with Gasteiger partial charge >= 0.3 is 5.97 Å². The van der Waals surface area contributed by atoms with Gasteiger partial charge < -0.3 is 4.74 Å². The fourth-order valence-corrected chi connectivity index (χ4v) is 3.83. The molecule has 2 aromatic carbocycles. The van der Waals surface area contributed by atoms with Crippen LogP contribution in [-0.4, -0.2) is 19.0 Å². The quantitative estimate of drug-likeness (QED) is 0.567. The van der Waals surface area contributed by atoms with E-state index in [4.69, 9.17) is 16.3 Å². The molecule has 0 N–H and O–H groups in total. The Bertz CT molecular complexity index is 669. The standard InChI is InChI=1S/C18H19ClO2S/c1-12-11-16(22-14-7-5-4-6-8-14)17(18(20)21-3)13(2)15(12)9-10-19/h4-8,11H,9-10H2,1-3H3. The van der Waals surface area contributed by atoms with Gasteiger partial charge in [-0.15, -0.1) is 11.6 Å². The number of aryl methyl sites for hydroxylation is 1. The average molecular weight is 335 g/mol. The van der Waals surface area contributed by atoms with E-state index < -0.39 is 0 Å². The predicted octanol–water partition coefficient (Wildman–Crippen LogP) is 5.02. The molecule has 0 aliphatic heterocycles. The van der Waals surface area contributed by atoms with Crippen LogP contribution in [0.3, 0.4) is 0 Å². The van der Waals surface area contributed by atoms with Gasteiger partial charge in [-0.3, -0.25) is 0 Å². The Kier molecular flexibility index (Phi) is 5.92. The van der Waals surface area contributed by atoms with E-state index in [1.54, 1.807) is 11.8 Å². The van der Waals surface area contributed by atoms with E-state index in [9.17, 15) is 4.79 Å². The lowest BCUT2D eigenvalue weighted by Crippen LogP contribution is -2.10. The zero-order chi connectivity index (χ0) is 16.1. The number of esters is 1. The molecule has 2 aromatic rings. The Hall–Kier alpha value is -1.45. The van der Waals surface area contributed by atoms with Gasteiger partial charge in [-0.05, 0) is 55.2 Å². The fraction of sp³-hybridized carbons (Fsp3) is 0.278. The van der Waals surface area contributed by atoms with Gasteiger partial charge in [0.05, 0.1) is 12.7 Å². The van der Waals surface area contributed by atoms with E-state index in [-0.39, 0.29) is 5.97 Å². The summed E-state index contributed by atoms with van der Waals surface area (Å²) in [5.74, 6) is 0.236. The third-order valence-corrected chi connectivity index (χ3v) is 4.84. The minimum Gasteiger partial charge on any atom is -0.465 e. The van der Waals surface area contributed by atoms with Crippen molar-refractivity contribution in [2.75, 3.05) is 13.0 Å². The largest absolute Gasteiger partial charge is 0.465 e. The number of rotatable bonds is 5. The van der Waals surface area contributed by atoms with Gasteiger partial charge in [-0.2, -0.15) is 0 Å². The van der Waals surface area contributed by atoms with Gasteiger partial charge in [0.15, 0.2) is 0 Å². The highest BCUT2D eigenvalue weighted by atomic mass is 35.5. The summed E-state index contributed by atoms with van der Waals surface area (Å²) < 4.78 is 4.98. The molecular weight excluding hydrogens is 316 g/mol. The monoisotopic (exact) mass is 334 g/mol. The number of carbonyl (C=O) groups is 1. The maximum atomic E-state index is 12.2. The molecule has 0 atom stereocenters. The number of halogens is 1. The van der Waals surface area contributed by atoms with E-state index in [0.717, 1.165) is 32.9 Å². The number of alkyl halides is 1. The first kappa shape index (κ1) is 16.9. The van der Waals surface area contributed by atoms with Crippen molar-refractivity contribution in [3.05, 3.63) is 58.7 Å². The number of methoxy groups -OCH3 is 1. The van der Waals surface area contributed by atoms with Crippen molar-refractivity contribution in [3.8, 4) is 0 Å². The summed E-state index contributed by atoms with van der Waals surface area (Å²) in [6, 6.07) is 12.1. The van der Waals surface area contributed by atoms with E-state index in [0.29, 0.717) is 11.4 Å². The molecule has 0 saturated heterocycles. The first-order chi connectivity index (χ1) is 10.6.